The molecule has 1 N–H and O–H groups in total. The number of hydrogen-bond acceptors (Lipinski definition) is 4. The molecular formula is C23H20N2O3. The first kappa shape index (κ1) is 17.9. The summed E-state index contributed by atoms with van der Waals surface area (Å²) in [6, 6.07) is 20.2. The summed E-state index contributed by atoms with van der Waals surface area (Å²) < 4.78 is 0. The van der Waals surface area contributed by atoms with Crippen molar-refractivity contribution in [1.82, 2.24) is 0 Å². The van der Waals surface area contributed by atoms with Crippen LogP contribution in [0.3, 0.4) is 0 Å². The maximum absolute atomic E-state index is 13.1. The summed E-state index contributed by atoms with van der Waals surface area (Å²) in [7, 11) is 1.74. The highest BCUT2D eigenvalue weighted by atomic mass is 16.6. The Hall–Kier alpha value is -3.47. The van der Waals surface area contributed by atoms with E-state index in [2.05, 4.69) is 5.32 Å². The highest BCUT2D eigenvalue weighted by Crippen LogP contribution is 2.47. The van der Waals surface area contributed by atoms with Gasteiger partial charge in [0.05, 0.1) is 21.6 Å². The van der Waals surface area contributed by atoms with E-state index < -0.39 is 0 Å². The Labute approximate surface area is 163 Å². The minimum atomic E-state index is -0.367. The van der Waals surface area contributed by atoms with Crippen molar-refractivity contribution in [2.24, 2.45) is 5.92 Å². The summed E-state index contributed by atoms with van der Waals surface area (Å²) in [5.74, 6) is -0.0670. The van der Waals surface area contributed by atoms with Crippen molar-refractivity contribution in [3.63, 3.8) is 0 Å². The van der Waals surface area contributed by atoms with Crippen LogP contribution in [-0.4, -0.2) is 17.8 Å². The van der Waals surface area contributed by atoms with Gasteiger partial charge < -0.3 is 5.32 Å². The number of rotatable bonds is 6. The molecule has 3 aromatic carbocycles. The maximum atomic E-state index is 13.1. The van der Waals surface area contributed by atoms with Crippen LogP contribution >= 0.6 is 0 Å². The van der Waals surface area contributed by atoms with Gasteiger partial charge in [-0.25, -0.2) is 0 Å². The highest BCUT2D eigenvalue weighted by Gasteiger charge is 2.37. The number of benzene rings is 3. The highest BCUT2D eigenvalue weighted by molar-refractivity contribution is 6.13. The van der Waals surface area contributed by atoms with Crippen LogP contribution in [0.1, 0.15) is 23.2 Å². The van der Waals surface area contributed by atoms with Crippen molar-refractivity contribution in [1.29, 1.82) is 0 Å². The van der Waals surface area contributed by atoms with Crippen molar-refractivity contribution >= 4 is 17.2 Å². The number of ketones is 1. The third-order valence-corrected chi connectivity index (χ3v) is 5.09. The van der Waals surface area contributed by atoms with Crippen LogP contribution < -0.4 is 5.32 Å². The minimum absolute atomic E-state index is 0.0223. The van der Waals surface area contributed by atoms with Gasteiger partial charge in [-0.15, -0.1) is 0 Å². The number of nitro groups is 1. The maximum Gasteiger partial charge on any atom is 0.285 e. The van der Waals surface area contributed by atoms with Gasteiger partial charge in [0.15, 0.2) is 5.78 Å². The average Bonchev–Trinajstić information content (AvgIpc) is 3.58. The van der Waals surface area contributed by atoms with Crippen LogP contribution in [0.15, 0.2) is 66.7 Å². The molecule has 0 atom stereocenters. The first-order valence-corrected chi connectivity index (χ1v) is 9.30. The van der Waals surface area contributed by atoms with E-state index in [-0.39, 0.29) is 22.3 Å². The van der Waals surface area contributed by atoms with Crippen LogP contribution in [0, 0.1) is 16.0 Å². The van der Waals surface area contributed by atoms with Crippen LogP contribution in [0.2, 0.25) is 0 Å². The Morgan fingerprint density at radius 2 is 1.57 bits per heavy atom. The third-order valence-electron chi connectivity index (χ3n) is 5.09. The van der Waals surface area contributed by atoms with Crippen LogP contribution in [0.4, 0.5) is 11.4 Å². The number of carbonyl (C=O) groups excluding carboxylic acids is 1. The predicted octanol–water partition coefficient (Wildman–Crippen LogP) is 5.56. The van der Waals surface area contributed by atoms with Crippen molar-refractivity contribution in [2.45, 2.75) is 12.8 Å². The van der Waals surface area contributed by atoms with E-state index in [1.165, 1.54) is 0 Å². The number of nitrogens with zero attached hydrogens (tertiary/aromatic N) is 1. The molecule has 0 radical (unpaired) electrons. The molecule has 0 aromatic heterocycles. The Morgan fingerprint density at radius 1 is 1.00 bits per heavy atom. The third kappa shape index (κ3) is 3.16. The summed E-state index contributed by atoms with van der Waals surface area (Å²) in [6.45, 7) is 0. The first-order chi connectivity index (χ1) is 13.6. The number of anilines is 1. The monoisotopic (exact) mass is 372 g/mol. The molecule has 0 saturated heterocycles. The molecule has 140 valence electrons. The van der Waals surface area contributed by atoms with Gasteiger partial charge in [-0.2, -0.15) is 0 Å². The van der Waals surface area contributed by atoms with Gasteiger partial charge in [0, 0.05) is 18.7 Å². The van der Waals surface area contributed by atoms with E-state index in [0.29, 0.717) is 27.9 Å². The Kier molecular flexibility index (Phi) is 4.65. The second-order valence-electron chi connectivity index (χ2n) is 6.95. The van der Waals surface area contributed by atoms with E-state index >= 15 is 0 Å². The molecule has 0 unspecified atom stereocenters. The van der Waals surface area contributed by atoms with E-state index in [4.69, 9.17) is 0 Å². The largest absolute Gasteiger partial charge is 0.387 e. The van der Waals surface area contributed by atoms with Crippen molar-refractivity contribution in [3.05, 3.63) is 82.4 Å². The Morgan fingerprint density at radius 3 is 2.07 bits per heavy atom. The predicted molar refractivity (Wildman–Crippen MR) is 111 cm³/mol. The molecule has 5 nitrogen and oxygen atoms in total. The van der Waals surface area contributed by atoms with Crippen molar-refractivity contribution in [3.8, 4) is 22.3 Å². The number of hydrogen-bond donors (Lipinski definition) is 1. The topological polar surface area (TPSA) is 72.2 Å². The van der Waals surface area contributed by atoms with Crippen LogP contribution in [-0.2, 0) is 0 Å². The molecule has 0 bridgehead atoms. The normalized spacial score (nSPS) is 13.2. The second-order valence-corrected chi connectivity index (χ2v) is 6.95. The van der Waals surface area contributed by atoms with Crippen molar-refractivity contribution in [2.75, 3.05) is 12.4 Å². The van der Waals surface area contributed by atoms with Gasteiger partial charge in [0.2, 0.25) is 0 Å². The lowest BCUT2D eigenvalue weighted by molar-refractivity contribution is -0.383. The zero-order chi connectivity index (χ0) is 19.7. The summed E-state index contributed by atoms with van der Waals surface area (Å²) in [6.07, 6.45) is 1.68. The quantitative estimate of drug-likeness (QED) is 0.349. The van der Waals surface area contributed by atoms with Gasteiger partial charge in [0.1, 0.15) is 0 Å². The van der Waals surface area contributed by atoms with Gasteiger partial charge in [-0.1, -0.05) is 60.7 Å². The molecule has 1 aliphatic rings. The second kappa shape index (κ2) is 7.27. The summed E-state index contributed by atoms with van der Waals surface area (Å²) in [5.41, 5.74) is 3.33. The van der Waals surface area contributed by atoms with E-state index in [1.54, 1.807) is 13.1 Å². The van der Waals surface area contributed by atoms with Crippen molar-refractivity contribution < 1.29 is 9.72 Å². The summed E-state index contributed by atoms with van der Waals surface area (Å²) in [4.78, 5) is 25.0. The minimum Gasteiger partial charge on any atom is -0.387 e. The number of nitro benzene ring substituents is 1. The molecule has 1 saturated carbocycles. The van der Waals surface area contributed by atoms with Crippen LogP contribution in [0.5, 0.6) is 0 Å². The smallest absolute Gasteiger partial charge is 0.285 e. The molecule has 0 aliphatic heterocycles. The molecular weight excluding hydrogens is 352 g/mol. The van der Waals surface area contributed by atoms with Gasteiger partial charge in [-0.3, -0.25) is 14.9 Å². The standard InChI is InChI=1S/C23H20N2O3/c1-24-19-14-18(15-8-4-2-5-9-15)22(25(27)28)20(16-10-6-3-7-11-16)21(19)23(26)17-12-13-17/h2-11,14,17,24H,12-13H2,1H3. The summed E-state index contributed by atoms with van der Waals surface area (Å²) >= 11 is 0. The Balaban J connectivity index is 2.11. The molecule has 1 aliphatic carbocycles. The molecule has 5 heteroatoms. The molecule has 0 amide bonds. The number of nitrogens with one attached hydrogen (secondary N) is 1. The average molecular weight is 372 g/mol. The zero-order valence-electron chi connectivity index (χ0n) is 15.5. The Bertz CT molecular complexity index is 1040. The lowest BCUT2D eigenvalue weighted by atomic mass is 9.87. The fourth-order valence-corrected chi connectivity index (χ4v) is 3.59. The molecule has 0 heterocycles. The van der Waals surface area contributed by atoms with Gasteiger partial charge >= 0.3 is 0 Å². The molecule has 3 aromatic rings. The lowest BCUT2D eigenvalue weighted by Gasteiger charge is -2.18. The number of Topliss-reactive ketones (excluding diaryl/α,β-unsaturated/α-hetero) is 1. The van der Waals surface area contributed by atoms with Gasteiger partial charge in [0.25, 0.3) is 5.69 Å². The summed E-state index contributed by atoms with van der Waals surface area (Å²) in [5, 5.41) is 15.3. The number of carbonyl (C=O) groups is 1. The van der Waals surface area contributed by atoms with E-state index in [1.807, 2.05) is 60.7 Å². The zero-order valence-corrected chi connectivity index (χ0v) is 15.5. The van der Waals surface area contributed by atoms with Gasteiger partial charge in [-0.05, 0) is 30.0 Å². The van der Waals surface area contributed by atoms with Crippen LogP contribution in [0.25, 0.3) is 22.3 Å². The SMILES string of the molecule is CNc1cc(-c2ccccc2)c([N+](=O)[O-])c(-c2ccccc2)c1C(=O)C1CC1. The van der Waals surface area contributed by atoms with E-state index in [9.17, 15) is 14.9 Å². The lowest BCUT2D eigenvalue weighted by Crippen LogP contribution is -2.11. The fourth-order valence-electron chi connectivity index (χ4n) is 3.59. The fraction of sp³-hybridized carbons (Fsp3) is 0.174. The molecule has 0 spiro atoms. The molecule has 4 rings (SSSR count). The molecule has 1 fully saturated rings. The first-order valence-electron chi connectivity index (χ1n) is 9.30. The molecule has 28 heavy (non-hydrogen) atoms. The van der Waals surface area contributed by atoms with E-state index in [0.717, 1.165) is 18.4 Å².